The molecule has 1 aromatic heterocycles. The monoisotopic (exact) mass is 271 g/mol. The normalized spacial score (nSPS) is 10.1. The largest absolute Gasteiger partial charge is 0.478 e. The summed E-state index contributed by atoms with van der Waals surface area (Å²) in [6.07, 6.45) is 3.10. The Labute approximate surface area is 115 Å². The van der Waals surface area contributed by atoms with Gasteiger partial charge in [0, 0.05) is 24.9 Å². The van der Waals surface area contributed by atoms with Crippen molar-refractivity contribution in [3.63, 3.8) is 0 Å². The number of aromatic carboxylic acids is 1. The smallest absolute Gasteiger partial charge is 0.336 e. The number of amides is 1. The molecule has 0 saturated heterocycles. The highest BCUT2D eigenvalue weighted by Crippen LogP contribution is 2.22. The maximum Gasteiger partial charge on any atom is 0.336 e. The van der Waals surface area contributed by atoms with E-state index in [1.165, 1.54) is 13.0 Å². The molecule has 0 radical (unpaired) electrons. The van der Waals surface area contributed by atoms with Gasteiger partial charge in [-0.25, -0.2) is 14.8 Å². The van der Waals surface area contributed by atoms with Gasteiger partial charge in [0.05, 0.1) is 12.1 Å². The van der Waals surface area contributed by atoms with E-state index >= 15 is 0 Å². The number of rotatable bonds is 4. The summed E-state index contributed by atoms with van der Waals surface area (Å²) >= 11 is 0. The van der Waals surface area contributed by atoms with E-state index in [2.05, 4.69) is 15.3 Å². The maximum atomic E-state index is 11.2. The average molecular weight is 271 g/mol. The van der Waals surface area contributed by atoms with Crippen LogP contribution in [0.3, 0.4) is 0 Å². The lowest BCUT2D eigenvalue weighted by atomic mass is 10.0. The van der Waals surface area contributed by atoms with Crippen LogP contribution >= 0.6 is 0 Å². The van der Waals surface area contributed by atoms with Crippen molar-refractivity contribution >= 4 is 11.9 Å². The number of aromatic nitrogens is 2. The van der Waals surface area contributed by atoms with Gasteiger partial charge < -0.3 is 10.4 Å². The summed E-state index contributed by atoms with van der Waals surface area (Å²) in [5, 5.41) is 11.7. The molecule has 102 valence electrons. The Bertz CT molecular complexity index is 638. The lowest BCUT2D eigenvalue weighted by Gasteiger charge is -2.06. The Balaban J connectivity index is 2.26. The lowest BCUT2D eigenvalue weighted by Crippen LogP contribution is -2.20. The van der Waals surface area contributed by atoms with Gasteiger partial charge in [-0.2, -0.15) is 0 Å². The quantitative estimate of drug-likeness (QED) is 0.878. The van der Waals surface area contributed by atoms with E-state index in [1.807, 2.05) is 0 Å². The molecule has 2 aromatic rings. The van der Waals surface area contributed by atoms with Crippen LogP contribution in [0.1, 0.15) is 23.1 Å². The van der Waals surface area contributed by atoms with Gasteiger partial charge in [0.25, 0.3) is 0 Å². The molecule has 0 spiro atoms. The second-order valence-electron chi connectivity index (χ2n) is 4.15. The molecular weight excluding hydrogens is 258 g/mol. The third-order valence-corrected chi connectivity index (χ3v) is 2.67. The van der Waals surface area contributed by atoms with Gasteiger partial charge in [-0.3, -0.25) is 4.79 Å². The summed E-state index contributed by atoms with van der Waals surface area (Å²) in [5.41, 5.74) is 1.38. The van der Waals surface area contributed by atoms with Crippen LogP contribution in [0.25, 0.3) is 11.1 Å². The Morgan fingerprint density at radius 3 is 2.45 bits per heavy atom. The van der Waals surface area contributed by atoms with Crippen LogP contribution in [-0.2, 0) is 11.3 Å². The fourth-order valence-electron chi connectivity index (χ4n) is 1.71. The van der Waals surface area contributed by atoms with Crippen molar-refractivity contribution in [2.24, 2.45) is 0 Å². The summed E-state index contributed by atoms with van der Waals surface area (Å²) in [7, 11) is 0. The molecule has 1 aromatic carbocycles. The second kappa shape index (κ2) is 5.92. The Morgan fingerprint density at radius 1 is 1.20 bits per heavy atom. The minimum atomic E-state index is -0.997. The van der Waals surface area contributed by atoms with Crippen LogP contribution in [0.15, 0.2) is 36.7 Å². The first kappa shape index (κ1) is 13.7. The van der Waals surface area contributed by atoms with Crippen molar-refractivity contribution in [1.29, 1.82) is 0 Å². The van der Waals surface area contributed by atoms with E-state index in [0.29, 0.717) is 17.0 Å². The van der Waals surface area contributed by atoms with Crippen molar-refractivity contribution in [3.05, 3.63) is 48.0 Å². The van der Waals surface area contributed by atoms with Crippen LogP contribution in [0.5, 0.6) is 0 Å². The molecule has 6 nitrogen and oxygen atoms in total. The highest BCUT2D eigenvalue weighted by Gasteiger charge is 2.11. The number of hydrogen-bond donors (Lipinski definition) is 2. The third-order valence-electron chi connectivity index (χ3n) is 2.67. The Kier molecular flexibility index (Phi) is 4.05. The number of nitrogens with zero attached hydrogens (tertiary/aromatic N) is 2. The van der Waals surface area contributed by atoms with E-state index in [-0.39, 0.29) is 18.0 Å². The van der Waals surface area contributed by atoms with Crippen LogP contribution in [0.4, 0.5) is 0 Å². The summed E-state index contributed by atoms with van der Waals surface area (Å²) in [6.45, 7) is 1.66. The zero-order valence-electron chi connectivity index (χ0n) is 10.8. The molecule has 2 rings (SSSR count). The Morgan fingerprint density at radius 2 is 1.85 bits per heavy atom. The molecule has 2 N–H and O–H groups in total. The molecule has 0 aliphatic rings. The lowest BCUT2D eigenvalue weighted by molar-refractivity contribution is -0.119. The number of carbonyl (C=O) groups is 2. The minimum absolute atomic E-state index is 0.158. The molecule has 0 bridgehead atoms. The first-order valence-corrected chi connectivity index (χ1v) is 5.96. The Hall–Kier alpha value is -2.76. The van der Waals surface area contributed by atoms with Gasteiger partial charge in [-0.15, -0.1) is 0 Å². The zero-order valence-corrected chi connectivity index (χ0v) is 10.8. The fraction of sp³-hybridized carbons (Fsp3) is 0.143. The van der Waals surface area contributed by atoms with Crippen LogP contribution < -0.4 is 5.32 Å². The third kappa shape index (κ3) is 3.17. The molecule has 0 aliphatic carbocycles. The van der Waals surface area contributed by atoms with E-state index in [4.69, 9.17) is 5.11 Å². The molecule has 0 saturated carbocycles. The SMILES string of the molecule is CC(=O)NCc1ncc(-c2ccccc2C(=O)O)cn1. The van der Waals surface area contributed by atoms with E-state index < -0.39 is 5.97 Å². The number of carboxylic acid groups (broad SMARTS) is 1. The van der Waals surface area contributed by atoms with Crippen LogP contribution in [0, 0.1) is 0 Å². The summed E-state index contributed by atoms with van der Waals surface area (Å²) < 4.78 is 0. The molecule has 0 atom stereocenters. The van der Waals surface area contributed by atoms with Gasteiger partial charge in [-0.05, 0) is 11.6 Å². The number of hydrogen-bond acceptors (Lipinski definition) is 4. The predicted molar refractivity (Wildman–Crippen MR) is 71.9 cm³/mol. The van der Waals surface area contributed by atoms with Crippen molar-refractivity contribution < 1.29 is 14.7 Å². The molecule has 0 fully saturated rings. The first-order valence-electron chi connectivity index (χ1n) is 5.96. The van der Waals surface area contributed by atoms with Crippen LogP contribution in [-0.4, -0.2) is 27.0 Å². The molecule has 6 heteroatoms. The molecule has 20 heavy (non-hydrogen) atoms. The highest BCUT2D eigenvalue weighted by atomic mass is 16.4. The summed E-state index contributed by atoms with van der Waals surface area (Å²) in [4.78, 5) is 30.2. The highest BCUT2D eigenvalue weighted by molar-refractivity contribution is 5.95. The van der Waals surface area contributed by atoms with Gasteiger partial charge >= 0.3 is 5.97 Å². The van der Waals surface area contributed by atoms with Crippen molar-refractivity contribution in [2.45, 2.75) is 13.5 Å². The van der Waals surface area contributed by atoms with Gasteiger partial charge in [0.2, 0.25) is 5.91 Å². The van der Waals surface area contributed by atoms with Gasteiger partial charge in [0.1, 0.15) is 5.82 Å². The second-order valence-corrected chi connectivity index (χ2v) is 4.15. The molecular formula is C14H13N3O3. The minimum Gasteiger partial charge on any atom is -0.478 e. The molecule has 1 heterocycles. The van der Waals surface area contributed by atoms with Crippen LogP contribution in [0.2, 0.25) is 0 Å². The van der Waals surface area contributed by atoms with Crippen molar-refractivity contribution in [3.8, 4) is 11.1 Å². The zero-order chi connectivity index (χ0) is 14.5. The first-order chi connectivity index (χ1) is 9.58. The van der Waals surface area contributed by atoms with Crippen molar-refractivity contribution in [2.75, 3.05) is 0 Å². The van der Waals surface area contributed by atoms with E-state index in [0.717, 1.165) is 0 Å². The standard InChI is InChI=1S/C14H13N3O3/c1-9(18)15-8-13-16-6-10(7-17-13)11-4-2-3-5-12(11)14(19)20/h2-7H,8H2,1H3,(H,15,18)(H,19,20). The maximum absolute atomic E-state index is 11.2. The van der Waals surface area contributed by atoms with Gasteiger partial charge in [-0.1, -0.05) is 18.2 Å². The predicted octanol–water partition coefficient (Wildman–Crippen LogP) is 1.48. The van der Waals surface area contributed by atoms with Gasteiger partial charge in [0.15, 0.2) is 0 Å². The van der Waals surface area contributed by atoms with E-state index in [9.17, 15) is 9.59 Å². The average Bonchev–Trinajstić information content (AvgIpc) is 2.45. The summed E-state index contributed by atoms with van der Waals surface area (Å²) in [5.74, 6) is -0.687. The summed E-state index contributed by atoms with van der Waals surface area (Å²) in [6, 6.07) is 6.66. The molecule has 0 unspecified atom stereocenters. The number of carboxylic acids is 1. The molecule has 0 aliphatic heterocycles. The number of carbonyl (C=O) groups excluding carboxylic acids is 1. The number of benzene rings is 1. The fourth-order valence-corrected chi connectivity index (χ4v) is 1.71. The van der Waals surface area contributed by atoms with E-state index in [1.54, 1.807) is 30.6 Å². The van der Waals surface area contributed by atoms with Crippen molar-refractivity contribution in [1.82, 2.24) is 15.3 Å². The topological polar surface area (TPSA) is 92.2 Å². The number of nitrogens with one attached hydrogen (secondary N) is 1. The molecule has 1 amide bonds.